The molecule has 0 spiro atoms. The van der Waals surface area contributed by atoms with Crippen molar-refractivity contribution in [1.82, 2.24) is 4.98 Å². The van der Waals surface area contributed by atoms with Crippen molar-refractivity contribution >= 4 is 40.5 Å². The fourth-order valence-electron chi connectivity index (χ4n) is 1.82. The molecule has 1 unspecified atom stereocenters. The second-order valence-corrected chi connectivity index (χ2v) is 5.72. The molecule has 1 atom stereocenters. The van der Waals surface area contributed by atoms with E-state index in [1.54, 1.807) is 30.5 Å². The van der Waals surface area contributed by atoms with E-state index in [1.807, 2.05) is 6.07 Å². The molecule has 0 radical (unpaired) electrons. The van der Waals surface area contributed by atoms with Crippen LogP contribution >= 0.6 is 23.2 Å². The third kappa shape index (κ3) is 4.12. The number of rotatable bonds is 5. The van der Waals surface area contributed by atoms with Gasteiger partial charge in [-0.1, -0.05) is 36.2 Å². The van der Waals surface area contributed by atoms with Gasteiger partial charge in [0.15, 0.2) is 0 Å². The first-order chi connectivity index (χ1) is 10.5. The van der Waals surface area contributed by atoms with Crippen LogP contribution in [-0.4, -0.2) is 16.9 Å². The molecule has 116 valence electrons. The quantitative estimate of drug-likeness (QED) is 0.819. The highest BCUT2D eigenvalue weighted by Gasteiger charge is 2.12. The standard InChI is InChI=1S/C16H17Cl2N3O/c1-3-10(2)20-11-7-8-19-14(9-11)16(22)21-13-6-4-5-12(17)15(13)18/h4-10H,3H2,1-2H3,(H,19,20)(H,21,22). The third-order valence-electron chi connectivity index (χ3n) is 3.22. The predicted molar refractivity (Wildman–Crippen MR) is 92.0 cm³/mol. The molecule has 6 heteroatoms. The summed E-state index contributed by atoms with van der Waals surface area (Å²) in [6.45, 7) is 4.17. The summed E-state index contributed by atoms with van der Waals surface area (Å²) in [6, 6.07) is 8.93. The van der Waals surface area contributed by atoms with E-state index in [0.717, 1.165) is 12.1 Å². The van der Waals surface area contributed by atoms with Gasteiger partial charge in [-0.15, -0.1) is 0 Å². The summed E-state index contributed by atoms with van der Waals surface area (Å²) in [5.41, 5.74) is 1.62. The van der Waals surface area contributed by atoms with E-state index in [0.29, 0.717) is 27.5 Å². The molecule has 0 aliphatic carbocycles. The van der Waals surface area contributed by atoms with Gasteiger partial charge in [-0.25, -0.2) is 0 Å². The molecule has 1 aromatic carbocycles. The van der Waals surface area contributed by atoms with Gasteiger partial charge in [0.2, 0.25) is 0 Å². The van der Waals surface area contributed by atoms with Gasteiger partial charge in [-0.05, 0) is 37.6 Å². The minimum atomic E-state index is -0.336. The van der Waals surface area contributed by atoms with Crippen LogP contribution in [0.4, 0.5) is 11.4 Å². The maximum Gasteiger partial charge on any atom is 0.274 e. The zero-order chi connectivity index (χ0) is 16.1. The molecule has 1 heterocycles. The third-order valence-corrected chi connectivity index (χ3v) is 4.04. The van der Waals surface area contributed by atoms with Crippen molar-refractivity contribution in [3.8, 4) is 0 Å². The minimum absolute atomic E-state index is 0.310. The van der Waals surface area contributed by atoms with Gasteiger partial charge < -0.3 is 10.6 Å². The van der Waals surface area contributed by atoms with Crippen molar-refractivity contribution in [1.29, 1.82) is 0 Å². The second kappa shape index (κ2) is 7.47. The van der Waals surface area contributed by atoms with Crippen molar-refractivity contribution in [2.24, 2.45) is 0 Å². The molecule has 0 fully saturated rings. The van der Waals surface area contributed by atoms with Crippen molar-refractivity contribution in [2.75, 3.05) is 10.6 Å². The molecule has 2 N–H and O–H groups in total. The first-order valence-corrected chi connectivity index (χ1v) is 7.74. The van der Waals surface area contributed by atoms with E-state index in [2.05, 4.69) is 29.5 Å². The van der Waals surface area contributed by atoms with Crippen LogP contribution in [0.1, 0.15) is 30.8 Å². The first-order valence-electron chi connectivity index (χ1n) is 6.99. The molecule has 0 aliphatic heterocycles. The van der Waals surface area contributed by atoms with Crippen molar-refractivity contribution in [2.45, 2.75) is 26.3 Å². The molecule has 1 aromatic heterocycles. The number of pyridine rings is 1. The molecule has 0 saturated carbocycles. The topological polar surface area (TPSA) is 54.0 Å². The SMILES string of the molecule is CCC(C)Nc1ccnc(C(=O)Nc2cccc(Cl)c2Cl)c1. The number of benzene rings is 1. The van der Waals surface area contributed by atoms with Crippen LogP contribution in [0.3, 0.4) is 0 Å². The van der Waals surface area contributed by atoms with E-state index >= 15 is 0 Å². The smallest absolute Gasteiger partial charge is 0.274 e. The van der Waals surface area contributed by atoms with Crippen LogP contribution in [-0.2, 0) is 0 Å². The van der Waals surface area contributed by atoms with Crippen LogP contribution in [0.25, 0.3) is 0 Å². The number of anilines is 2. The van der Waals surface area contributed by atoms with Crippen molar-refractivity contribution in [3.63, 3.8) is 0 Å². The summed E-state index contributed by atoms with van der Waals surface area (Å²) in [5, 5.41) is 6.72. The molecular weight excluding hydrogens is 321 g/mol. The Morgan fingerprint density at radius 2 is 2.09 bits per heavy atom. The summed E-state index contributed by atoms with van der Waals surface area (Å²) in [7, 11) is 0. The number of halogens is 2. The Kier molecular flexibility index (Phi) is 5.63. The Morgan fingerprint density at radius 3 is 2.82 bits per heavy atom. The minimum Gasteiger partial charge on any atom is -0.382 e. The summed E-state index contributed by atoms with van der Waals surface area (Å²) in [5.74, 6) is -0.336. The zero-order valence-corrected chi connectivity index (χ0v) is 13.9. The van der Waals surface area contributed by atoms with Gasteiger partial charge in [0, 0.05) is 17.9 Å². The first kappa shape index (κ1) is 16.6. The van der Waals surface area contributed by atoms with Crippen LogP contribution in [0.5, 0.6) is 0 Å². The number of nitrogens with one attached hydrogen (secondary N) is 2. The number of carbonyl (C=O) groups is 1. The maximum atomic E-state index is 12.3. The Bertz CT molecular complexity index is 676. The van der Waals surface area contributed by atoms with Gasteiger partial charge >= 0.3 is 0 Å². The largest absolute Gasteiger partial charge is 0.382 e. The Morgan fingerprint density at radius 1 is 1.32 bits per heavy atom. The normalized spacial score (nSPS) is 11.8. The fourth-order valence-corrected chi connectivity index (χ4v) is 2.17. The number of hydrogen-bond acceptors (Lipinski definition) is 3. The van der Waals surface area contributed by atoms with Gasteiger partial charge in [0.05, 0.1) is 15.7 Å². The molecule has 0 aliphatic rings. The maximum absolute atomic E-state index is 12.3. The van der Waals surface area contributed by atoms with Gasteiger partial charge in [0.1, 0.15) is 5.69 Å². The Balaban J connectivity index is 2.16. The van der Waals surface area contributed by atoms with Crippen LogP contribution in [0.2, 0.25) is 10.0 Å². The lowest BCUT2D eigenvalue weighted by Crippen LogP contribution is -2.16. The molecular formula is C16H17Cl2N3O. The number of aromatic nitrogens is 1. The van der Waals surface area contributed by atoms with E-state index < -0.39 is 0 Å². The molecule has 2 aromatic rings. The van der Waals surface area contributed by atoms with Gasteiger partial charge in [-0.3, -0.25) is 9.78 Å². The Labute approximate surface area is 139 Å². The lowest BCUT2D eigenvalue weighted by atomic mass is 10.2. The number of hydrogen-bond donors (Lipinski definition) is 2. The van der Waals surface area contributed by atoms with Crippen molar-refractivity contribution in [3.05, 3.63) is 52.3 Å². The zero-order valence-electron chi connectivity index (χ0n) is 12.4. The molecule has 1 amide bonds. The molecule has 0 saturated heterocycles. The summed E-state index contributed by atoms with van der Waals surface area (Å²) in [6.07, 6.45) is 2.58. The fraction of sp³-hybridized carbons (Fsp3) is 0.250. The summed E-state index contributed by atoms with van der Waals surface area (Å²) >= 11 is 12.0. The van der Waals surface area contributed by atoms with E-state index in [-0.39, 0.29) is 5.91 Å². The lowest BCUT2D eigenvalue weighted by molar-refractivity contribution is 0.102. The second-order valence-electron chi connectivity index (χ2n) is 4.94. The summed E-state index contributed by atoms with van der Waals surface area (Å²) in [4.78, 5) is 16.4. The number of nitrogens with zero attached hydrogens (tertiary/aromatic N) is 1. The van der Waals surface area contributed by atoms with Crippen LogP contribution in [0.15, 0.2) is 36.5 Å². The lowest BCUT2D eigenvalue weighted by Gasteiger charge is -2.13. The molecule has 4 nitrogen and oxygen atoms in total. The predicted octanol–water partition coefficient (Wildman–Crippen LogP) is 4.85. The van der Waals surface area contributed by atoms with Crippen LogP contribution < -0.4 is 10.6 Å². The Hall–Kier alpha value is -1.78. The van der Waals surface area contributed by atoms with Gasteiger partial charge in [0.25, 0.3) is 5.91 Å². The molecule has 22 heavy (non-hydrogen) atoms. The average Bonchev–Trinajstić information content (AvgIpc) is 2.52. The molecule has 0 bridgehead atoms. The highest BCUT2D eigenvalue weighted by atomic mass is 35.5. The highest BCUT2D eigenvalue weighted by Crippen LogP contribution is 2.29. The monoisotopic (exact) mass is 337 g/mol. The van der Waals surface area contributed by atoms with Crippen molar-refractivity contribution < 1.29 is 4.79 Å². The van der Waals surface area contributed by atoms with Crippen LogP contribution in [0, 0.1) is 0 Å². The van der Waals surface area contributed by atoms with E-state index in [9.17, 15) is 4.79 Å². The average molecular weight is 338 g/mol. The van der Waals surface area contributed by atoms with Gasteiger partial charge in [-0.2, -0.15) is 0 Å². The highest BCUT2D eigenvalue weighted by molar-refractivity contribution is 6.44. The number of amides is 1. The molecule has 2 rings (SSSR count). The number of carbonyl (C=O) groups excluding carboxylic acids is 1. The van der Waals surface area contributed by atoms with E-state index in [4.69, 9.17) is 23.2 Å². The summed E-state index contributed by atoms with van der Waals surface area (Å²) < 4.78 is 0. The van der Waals surface area contributed by atoms with E-state index in [1.165, 1.54) is 0 Å².